The summed E-state index contributed by atoms with van der Waals surface area (Å²) in [7, 11) is 0. The highest BCUT2D eigenvalue weighted by atomic mass is 15.4. The molecular weight excluding hydrogens is 725 g/mol. The zero-order chi connectivity index (χ0) is 41.7. The molecule has 298 valence electrons. The monoisotopic (exact) mass is 782 g/mol. The zero-order valence-electron chi connectivity index (χ0n) is 36.2. The van der Waals surface area contributed by atoms with Crippen LogP contribution in [0.5, 0.6) is 0 Å². The van der Waals surface area contributed by atoms with E-state index in [-0.39, 0.29) is 0 Å². The molecule has 2 heteroatoms. The van der Waals surface area contributed by atoms with E-state index in [9.17, 15) is 0 Å². The minimum Gasteiger partial charge on any atom is -0.194 e. The Kier molecular flexibility index (Phi) is 11.8. The number of rotatable bonds is 13. The van der Waals surface area contributed by atoms with Gasteiger partial charge in [-0.25, -0.2) is 0 Å². The van der Waals surface area contributed by atoms with Gasteiger partial charge in [-0.15, -0.1) is 0 Å². The van der Waals surface area contributed by atoms with E-state index in [2.05, 4.69) is 236 Å². The second-order valence-corrected chi connectivity index (χ2v) is 16.1. The molecule has 0 atom stereocenters. The summed E-state index contributed by atoms with van der Waals surface area (Å²) in [5.74, 6) is 0. The van der Waals surface area contributed by atoms with Crippen molar-refractivity contribution in [1.29, 1.82) is 0 Å². The van der Waals surface area contributed by atoms with Crippen LogP contribution in [0.4, 0.5) is 45.5 Å². The van der Waals surface area contributed by atoms with E-state index >= 15 is 0 Å². The summed E-state index contributed by atoms with van der Waals surface area (Å²) in [5.41, 5.74) is 20.1. The van der Waals surface area contributed by atoms with Crippen molar-refractivity contribution in [3.8, 4) is 11.1 Å². The average Bonchev–Trinajstić information content (AvgIpc) is 3.31. The smallest absolute Gasteiger partial charge is 0.151 e. The van der Waals surface area contributed by atoms with Crippen molar-refractivity contribution in [2.45, 2.75) is 67.2 Å². The summed E-state index contributed by atoms with van der Waals surface area (Å²) in [6.45, 7) is 13.6. The zero-order valence-corrected chi connectivity index (χ0v) is 36.2. The quantitative estimate of drug-likeness (QED) is 0.102. The lowest BCUT2D eigenvalue weighted by Gasteiger charge is -2.39. The molecule has 0 spiro atoms. The van der Waals surface area contributed by atoms with Gasteiger partial charge < -0.3 is 0 Å². The molecule has 0 aliphatic carbocycles. The van der Waals surface area contributed by atoms with Crippen molar-refractivity contribution >= 4 is 45.5 Å². The van der Waals surface area contributed by atoms with Crippen molar-refractivity contribution in [1.82, 2.24) is 8.97 Å². The van der Waals surface area contributed by atoms with Gasteiger partial charge in [0, 0.05) is 96.1 Å². The van der Waals surface area contributed by atoms with Gasteiger partial charge in [0.15, 0.2) is 11.4 Å². The van der Waals surface area contributed by atoms with Crippen molar-refractivity contribution in [3.05, 3.63) is 228 Å². The van der Waals surface area contributed by atoms with E-state index in [0.29, 0.717) is 8.97 Å². The molecule has 0 aromatic heterocycles. The van der Waals surface area contributed by atoms with Gasteiger partial charge in [-0.3, -0.25) is 0 Å². The standard InChI is InChI=1S/C58H58N2/c1-7-45-21-17-29-53(39-45)59(51-25-13-11-14-26-51,54-30-18-22-46(8-2)40-54)57-35-33-49(37-43(57)5)50-34-36-58(44(6)38-50)60(52-27-15-12-16-28-52,55-31-19-23-47(9-3)41-55)56-32-20-24-48(10-4)42-56/h11-42H,7-10H2,1-6H3/q+2. The molecule has 60 heavy (non-hydrogen) atoms. The van der Waals surface area contributed by atoms with E-state index in [1.165, 1.54) is 90.0 Å². The van der Waals surface area contributed by atoms with Crippen LogP contribution >= 0.6 is 0 Å². The Bertz CT molecular complexity index is 2440. The first-order valence-electron chi connectivity index (χ1n) is 21.9. The highest BCUT2D eigenvalue weighted by Crippen LogP contribution is 2.55. The van der Waals surface area contributed by atoms with Crippen LogP contribution in [0.15, 0.2) is 194 Å². The summed E-state index contributed by atoms with van der Waals surface area (Å²) in [6, 6.07) is 73.1. The van der Waals surface area contributed by atoms with Gasteiger partial charge in [0.2, 0.25) is 0 Å². The van der Waals surface area contributed by atoms with E-state index in [1.54, 1.807) is 0 Å². The first-order chi connectivity index (χ1) is 29.4. The summed E-state index contributed by atoms with van der Waals surface area (Å²) in [4.78, 5) is 0. The molecule has 0 amide bonds. The summed E-state index contributed by atoms with van der Waals surface area (Å²) < 4.78 is 0.995. The van der Waals surface area contributed by atoms with Gasteiger partial charge in [0.05, 0.1) is 0 Å². The molecule has 2 nitrogen and oxygen atoms in total. The van der Waals surface area contributed by atoms with E-state index < -0.39 is 0 Å². The SMILES string of the molecule is CCc1cccc([N+](c2ccccc2)(c2cccc(CC)c2)c2ccc(-c3ccc([N+](c4ccccc4)(c4cccc(CC)c4)c4cccc(CC)c4)c(C)c3)cc2C)c1. The van der Waals surface area contributed by atoms with Crippen molar-refractivity contribution < 1.29 is 0 Å². The lowest BCUT2D eigenvalue weighted by Crippen LogP contribution is -2.34. The van der Waals surface area contributed by atoms with Crippen LogP contribution in [0.25, 0.3) is 11.1 Å². The second-order valence-electron chi connectivity index (χ2n) is 16.1. The average molecular weight is 783 g/mol. The van der Waals surface area contributed by atoms with Gasteiger partial charge in [0.25, 0.3) is 0 Å². The molecule has 0 bridgehead atoms. The molecule has 0 N–H and O–H groups in total. The molecule has 8 aromatic rings. The Morgan fingerprint density at radius 2 is 0.567 bits per heavy atom. The van der Waals surface area contributed by atoms with Crippen LogP contribution in [-0.2, 0) is 25.7 Å². The molecule has 0 radical (unpaired) electrons. The molecule has 0 aliphatic heterocycles. The molecule has 0 saturated heterocycles. The van der Waals surface area contributed by atoms with Crippen molar-refractivity contribution in [2.24, 2.45) is 0 Å². The predicted molar refractivity (Wildman–Crippen MR) is 259 cm³/mol. The summed E-state index contributed by atoms with van der Waals surface area (Å²) in [5, 5.41) is 0. The predicted octanol–water partition coefficient (Wildman–Crippen LogP) is 16.8. The topological polar surface area (TPSA) is 0 Å². The maximum atomic E-state index is 2.41. The number of hydrogen-bond donors (Lipinski definition) is 0. The molecule has 0 aliphatic rings. The van der Waals surface area contributed by atoms with Gasteiger partial charge in [-0.05, 0) is 97.2 Å². The van der Waals surface area contributed by atoms with Crippen LogP contribution < -0.4 is 8.97 Å². The summed E-state index contributed by atoms with van der Waals surface area (Å²) in [6.07, 6.45) is 3.90. The number of aryl methyl sites for hydroxylation is 6. The van der Waals surface area contributed by atoms with Crippen LogP contribution in [0.1, 0.15) is 61.1 Å². The third-order valence-corrected chi connectivity index (χ3v) is 12.6. The number of hydrogen-bond acceptors (Lipinski definition) is 0. The van der Waals surface area contributed by atoms with Gasteiger partial charge in [-0.2, -0.15) is 8.97 Å². The van der Waals surface area contributed by atoms with Crippen LogP contribution in [0.2, 0.25) is 0 Å². The Hall–Kier alpha value is -6.32. The van der Waals surface area contributed by atoms with E-state index in [0.717, 1.165) is 25.7 Å². The molecule has 0 fully saturated rings. The molecule has 0 unspecified atom stereocenters. The normalized spacial score (nSPS) is 11.8. The Morgan fingerprint density at radius 1 is 0.283 bits per heavy atom. The maximum absolute atomic E-state index is 2.41. The van der Waals surface area contributed by atoms with E-state index in [4.69, 9.17) is 0 Å². The number of quaternary nitrogens is 2. The lowest BCUT2D eigenvalue weighted by atomic mass is 9.95. The molecule has 8 aromatic carbocycles. The fourth-order valence-corrected chi connectivity index (χ4v) is 9.39. The Balaban J connectivity index is 1.34. The fourth-order valence-electron chi connectivity index (χ4n) is 9.39. The molecule has 0 saturated carbocycles. The third kappa shape index (κ3) is 7.21. The fraction of sp³-hybridized carbons (Fsp3) is 0.172. The van der Waals surface area contributed by atoms with Crippen LogP contribution in [0.3, 0.4) is 0 Å². The van der Waals surface area contributed by atoms with Crippen molar-refractivity contribution in [3.63, 3.8) is 0 Å². The third-order valence-electron chi connectivity index (χ3n) is 12.6. The minimum absolute atomic E-state index is 0.497. The van der Waals surface area contributed by atoms with Gasteiger partial charge in [0.1, 0.15) is 34.1 Å². The van der Waals surface area contributed by atoms with Crippen molar-refractivity contribution in [2.75, 3.05) is 0 Å². The Morgan fingerprint density at radius 3 is 0.833 bits per heavy atom. The van der Waals surface area contributed by atoms with Crippen LogP contribution in [0, 0.1) is 13.8 Å². The largest absolute Gasteiger partial charge is 0.194 e. The number of nitrogens with zero attached hydrogens (tertiary/aromatic N) is 2. The number of para-hydroxylation sites is 2. The van der Waals surface area contributed by atoms with Gasteiger partial charge in [-0.1, -0.05) is 113 Å². The number of benzene rings is 8. The molecule has 0 heterocycles. The lowest BCUT2D eigenvalue weighted by molar-refractivity contribution is 0.696. The van der Waals surface area contributed by atoms with E-state index in [1.807, 2.05) is 0 Å². The van der Waals surface area contributed by atoms with Gasteiger partial charge >= 0.3 is 0 Å². The second kappa shape index (κ2) is 17.5. The minimum atomic E-state index is 0.497. The Labute approximate surface area is 358 Å². The van der Waals surface area contributed by atoms with Crippen LogP contribution in [-0.4, -0.2) is 0 Å². The maximum Gasteiger partial charge on any atom is 0.151 e. The highest BCUT2D eigenvalue weighted by molar-refractivity contribution is 5.87. The first-order valence-corrected chi connectivity index (χ1v) is 21.9. The highest BCUT2D eigenvalue weighted by Gasteiger charge is 2.42. The first kappa shape index (κ1) is 40.5. The molecule has 8 rings (SSSR count). The summed E-state index contributed by atoms with van der Waals surface area (Å²) >= 11 is 0. The molecular formula is C58H58N2+2.